The SMILES string of the molecule is CC(O)(CNC(=O)c1cc2ccccc2s1)Cc1ccsc1. The maximum absolute atomic E-state index is 12.3. The molecule has 0 fully saturated rings. The van der Waals surface area contributed by atoms with Gasteiger partial charge >= 0.3 is 0 Å². The number of nitrogens with one attached hydrogen (secondary N) is 1. The molecule has 0 aliphatic heterocycles. The lowest BCUT2D eigenvalue weighted by Gasteiger charge is -2.23. The third-order valence-electron chi connectivity index (χ3n) is 3.44. The predicted octanol–water partition coefficient (Wildman–Crippen LogP) is 3.69. The largest absolute Gasteiger partial charge is 0.388 e. The lowest BCUT2D eigenvalue weighted by atomic mass is 9.98. The molecular weight excluding hydrogens is 314 g/mol. The molecule has 0 saturated carbocycles. The molecule has 5 heteroatoms. The highest BCUT2D eigenvalue weighted by atomic mass is 32.1. The molecule has 0 radical (unpaired) electrons. The Morgan fingerprint density at radius 3 is 2.86 bits per heavy atom. The molecule has 0 bridgehead atoms. The zero-order valence-electron chi connectivity index (χ0n) is 12.2. The highest BCUT2D eigenvalue weighted by Crippen LogP contribution is 2.25. The van der Waals surface area contributed by atoms with E-state index in [0.717, 1.165) is 15.6 Å². The van der Waals surface area contributed by atoms with Crippen LogP contribution in [0.2, 0.25) is 0 Å². The molecule has 0 spiro atoms. The van der Waals surface area contributed by atoms with Crippen LogP contribution in [0.25, 0.3) is 10.1 Å². The summed E-state index contributed by atoms with van der Waals surface area (Å²) < 4.78 is 1.10. The zero-order valence-corrected chi connectivity index (χ0v) is 13.8. The maximum Gasteiger partial charge on any atom is 0.261 e. The van der Waals surface area contributed by atoms with Crippen LogP contribution in [0.1, 0.15) is 22.2 Å². The van der Waals surface area contributed by atoms with Crippen molar-refractivity contribution in [3.8, 4) is 0 Å². The normalized spacial score (nSPS) is 13.9. The second-order valence-corrected chi connectivity index (χ2v) is 7.50. The van der Waals surface area contributed by atoms with Gasteiger partial charge in [0.25, 0.3) is 5.91 Å². The molecule has 0 aliphatic rings. The molecule has 0 aliphatic carbocycles. The third kappa shape index (κ3) is 3.55. The number of benzene rings is 1. The van der Waals surface area contributed by atoms with Gasteiger partial charge in [-0.25, -0.2) is 0 Å². The molecule has 22 heavy (non-hydrogen) atoms. The predicted molar refractivity (Wildman–Crippen MR) is 92.8 cm³/mol. The fourth-order valence-corrected chi connectivity index (χ4v) is 3.99. The fraction of sp³-hybridized carbons (Fsp3) is 0.235. The van der Waals surface area contributed by atoms with Gasteiger partial charge in [-0.2, -0.15) is 11.3 Å². The van der Waals surface area contributed by atoms with E-state index in [9.17, 15) is 9.90 Å². The second kappa shape index (κ2) is 6.20. The van der Waals surface area contributed by atoms with Crippen molar-refractivity contribution >= 4 is 38.7 Å². The van der Waals surface area contributed by atoms with Crippen LogP contribution in [0.3, 0.4) is 0 Å². The summed E-state index contributed by atoms with van der Waals surface area (Å²) in [5, 5.41) is 18.3. The van der Waals surface area contributed by atoms with Crippen molar-refractivity contribution in [3.63, 3.8) is 0 Å². The highest BCUT2D eigenvalue weighted by molar-refractivity contribution is 7.20. The van der Waals surface area contributed by atoms with E-state index in [-0.39, 0.29) is 12.5 Å². The molecule has 1 unspecified atom stereocenters. The van der Waals surface area contributed by atoms with Gasteiger partial charge in [-0.1, -0.05) is 18.2 Å². The van der Waals surface area contributed by atoms with Crippen LogP contribution in [0.4, 0.5) is 0 Å². The Labute approximate surface area is 137 Å². The lowest BCUT2D eigenvalue weighted by Crippen LogP contribution is -2.41. The zero-order chi connectivity index (χ0) is 15.6. The number of fused-ring (bicyclic) bond motifs is 1. The topological polar surface area (TPSA) is 49.3 Å². The van der Waals surface area contributed by atoms with E-state index in [2.05, 4.69) is 5.32 Å². The van der Waals surface area contributed by atoms with Gasteiger partial charge in [-0.3, -0.25) is 4.79 Å². The van der Waals surface area contributed by atoms with Gasteiger partial charge in [-0.15, -0.1) is 11.3 Å². The van der Waals surface area contributed by atoms with Crippen molar-refractivity contribution in [1.29, 1.82) is 0 Å². The number of hydrogen-bond acceptors (Lipinski definition) is 4. The third-order valence-corrected chi connectivity index (χ3v) is 5.29. The van der Waals surface area contributed by atoms with E-state index >= 15 is 0 Å². The molecular formula is C17H17NO2S2. The van der Waals surface area contributed by atoms with E-state index in [1.54, 1.807) is 18.3 Å². The van der Waals surface area contributed by atoms with Crippen LogP contribution in [0, 0.1) is 0 Å². The number of hydrogen-bond donors (Lipinski definition) is 2. The van der Waals surface area contributed by atoms with Gasteiger partial charge in [0.15, 0.2) is 0 Å². The summed E-state index contributed by atoms with van der Waals surface area (Å²) in [6, 6.07) is 11.8. The van der Waals surface area contributed by atoms with E-state index in [1.807, 2.05) is 47.2 Å². The average Bonchev–Trinajstić information content (AvgIpc) is 3.13. The van der Waals surface area contributed by atoms with Gasteiger partial charge in [0.1, 0.15) is 0 Å². The molecule has 3 nitrogen and oxygen atoms in total. The van der Waals surface area contributed by atoms with Crippen molar-refractivity contribution < 1.29 is 9.90 Å². The Kier molecular flexibility index (Phi) is 4.29. The number of rotatable bonds is 5. The standard InChI is InChI=1S/C17H17NO2S2/c1-17(20,9-12-6-7-21-10-12)11-18-16(19)15-8-13-4-2-3-5-14(13)22-15/h2-8,10,20H,9,11H2,1H3,(H,18,19). The minimum atomic E-state index is -0.951. The quantitative estimate of drug-likeness (QED) is 0.749. The van der Waals surface area contributed by atoms with Crippen molar-refractivity contribution in [3.05, 3.63) is 57.6 Å². The molecule has 2 heterocycles. The second-order valence-electron chi connectivity index (χ2n) is 5.64. The number of carbonyl (C=O) groups excluding carboxylic acids is 1. The number of carbonyl (C=O) groups is 1. The molecule has 1 atom stereocenters. The smallest absolute Gasteiger partial charge is 0.261 e. The Balaban J connectivity index is 1.64. The molecule has 0 saturated heterocycles. The van der Waals surface area contributed by atoms with Crippen molar-refractivity contribution in [2.75, 3.05) is 6.54 Å². The van der Waals surface area contributed by atoms with Gasteiger partial charge in [0.05, 0.1) is 10.5 Å². The lowest BCUT2D eigenvalue weighted by molar-refractivity contribution is 0.0555. The first kappa shape index (κ1) is 15.2. The van der Waals surface area contributed by atoms with Gasteiger partial charge < -0.3 is 10.4 Å². The molecule has 114 valence electrons. The summed E-state index contributed by atoms with van der Waals surface area (Å²) in [4.78, 5) is 12.9. The van der Waals surface area contributed by atoms with Crippen LogP contribution >= 0.6 is 22.7 Å². The summed E-state index contributed by atoms with van der Waals surface area (Å²) in [5.74, 6) is -0.133. The number of amides is 1. The summed E-state index contributed by atoms with van der Waals surface area (Å²) in [6.45, 7) is 1.98. The van der Waals surface area contributed by atoms with Crippen LogP contribution in [-0.4, -0.2) is 23.2 Å². The molecule has 3 aromatic rings. The molecule has 1 amide bonds. The van der Waals surface area contributed by atoms with Crippen molar-refractivity contribution in [2.45, 2.75) is 18.9 Å². The monoisotopic (exact) mass is 331 g/mol. The number of aliphatic hydroxyl groups is 1. The minimum absolute atomic E-state index is 0.133. The Bertz CT molecular complexity index is 742. The minimum Gasteiger partial charge on any atom is -0.388 e. The van der Waals surface area contributed by atoms with Gasteiger partial charge in [0, 0.05) is 17.7 Å². The van der Waals surface area contributed by atoms with E-state index in [1.165, 1.54) is 11.3 Å². The van der Waals surface area contributed by atoms with E-state index in [4.69, 9.17) is 0 Å². The van der Waals surface area contributed by atoms with E-state index in [0.29, 0.717) is 11.3 Å². The van der Waals surface area contributed by atoms with Crippen molar-refractivity contribution in [2.24, 2.45) is 0 Å². The maximum atomic E-state index is 12.3. The first-order valence-corrected chi connectivity index (χ1v) is 8.80. The van der Waals surface area contributed by atoms with Crippen LogP contribution in [0.15, 0.2) is 47.2 Å². The first-order chi connectivity index (χ1) is 10.5. The summed E-state index contributed by atoms with van der Waals surface area (Å²) in [7, 11) is 0. The highest BCUT2D eigenvalue weighted by Gasteiger charge is 2.22. The Morgan fingerprint density at radius 1 is 1.32 bits per heavy atom. The Morgan fingerprint density at radius 2 is 2.14 bits per heavy atom. The molecule has 1 aromatic carbocycles. The van der Waals surface area contributed by atoms with E-state index < -0.39 is 5.60 Å². The Hall–Kier alpha value is -1.69. The average molecular weight is 331 g/mol. The van der Waals surface area contributed by atoms with Gasteiger partial charge in [0.2, 0.25) is 0 Å². The first-order valence-electron chi connectivity index (χ1n) is 7.04. The van der Waals surface area contributed by atoms with Crippen LogP contribution < -0.4 is 5.32 Å². The number of thiophene rings is 2. The van der Waals surface area contributed by atoms with Gasteiger partial charge in [-0.05, 0) is 46.8 Å². The summed E-state index contributed by atoms with van der Waals surface area (Å²) in [6.07, 6.45) is 0.531. The fourth-order valence-electron chi connectivity index (χ4n) is 2.35. The van der Waals surface area contributed by atoms with Crippen LogP contribution in [0.5, 0.6) is 0 Å². The molecule has 2 aromatic heterocycles. The molecule has 3 rings (SSSR count). The summed E-state index contributed by atoms with van der Waals surface area (Å²) in [5.41, 5.74) is 0.138. The summed E-state index contributed by atoms with van der Waals surface area (Å²) >= 11 is 3.08. The van der Waals surface area contributed by atoms with Crippen LogP contribution in [-0.2, 0) is 6.42 Å². The van der Waals surface area contributed by atoms with Crippen molar-refractivity contribution in [1.82, 2.24) is 5.32 Å². The molecule has 2 N–H and O–H groups in total.